The van der Waals surface area contributed by atoms with Gasteiger partial charge < -0.3 is 4.57 Å². The number of carbonyl (C=O) groups excluding carboxylic acids is 1. The number of carbonyl (C=O) groups is 1. The van der Waals surface area contributed by atoms with Crippen LogP contribution in [-0.4, -0.2) is 10.4 Å². The number of hydrogen-bond donors (Lipinski definition) is 0. The summed E-state index contributed by atoms with van der Waals surface area (Å²) in [5.74, 6) is -0.155. The second kappa shape index (κ2) is 5.77. The third kappa shape index (κ3) is 2.66. The smallest absolute Gasteiger partial charge is 0.187 e. The standard InChI is InChI=1S/C16H13ClN2O/c1-11-12(9-13(10-18)19(11)2)7-8-16(20)14-5-3-4-6-15(14)17/h3-9H,1-2H3/b8-7+. The summed E-state index contributed by atoms with van der Waals surface area (Å²) in [6, 6.07) is 10.8. The molecular weight excluding hydrogens is 272 g/mol. The van der Waals surface area contributed by atoms with Crippen LogP contribution in [0.15, 0.2) is 36.4 Å². The van der Waals surface area contributed by atoms with Crippen molar-refractivity contribution in [2.75, 3.05) is 0 Å². The maximum atomic E-state index is 12.1. The molecule has 2 rings (SSSR count). The van der Waals surface area contributed by atoms with Gasteiger partial charge in [-0.15, -0.1) is 0 Å². The molecule has 0 aliphatic carbocycles. The van der Waals surface area contributed by atoms with Crippen molar-refractivity contribution in [1.82, 2.24) is 4.57 Å². The lowest BCUT2D eigenvalue weighted by Gasteiger charge is -1.99. The van der Waals surface area contributed by atoms with Crippen LogP contribution < -0.4 is 0 Å². The van der Waals surface area contributed by atoms with E-state index in [0.29, 0.717) is 16.3 Å². The second-order valence-electron chi connectivity index (χ2n) is 4.42. The summed E-state index contributed by atoms with van der Waals surface area (Å²) in [5.41, 5.74) is 2.82. The molecule has 0 spiro atoms. The van der Waals surface area contributed by atoms with Crippen LogP contribution in [0.5, 0.6) is 0 Å². The van der Waals surface area contributed by atoms with Gasteiger partial charge in [0.2, 0.25) is 0 Å². The predicted molar refractivity (Wildman–Crippen MR) is 79.7 cm³/mol. The van der Waals surface area contributed by atoms with E-state index in [2.05, 4.69) is 6.07 Å². The molecule has 0 atom stereocenters. The summed E-state index contributed by atoms with van der Waals surface area (Å²) in [6.07, 6.45) is 3.19. The van der Waals surface area contributed by atoms with E-state index in [1.54, 1.807) is 41.0 Å². The van der Waals surface area contributed by atoms with Crippen LogP contribution in [-0.2, 0) is 7.05 Å². The molecule has 1 aromatic heterocycles. The van der Waals surface area contributed by atoms with Crippen molar-refractivity contribution < 1.29 is 4.79 Å². The molecule has 0 radical (unpaired) electrons. The number of benzene rings is 1. The number of rotatable bonds is 3. The van der Waals surface area contributed by atoms with Crippen LogP contribution in [0.3, 0.4) is 0 Å². The van der Waals surface area contributed by atoms with Crippen molar-refractivity contribution in [2.24, 2.45) is 7.05 Å². The first-order valence-electron chi connectivity index (χ1n) is 6.08. The van der Waals surface area contributed by atoms with Gasteiger partial charge in [-0.05, 0) is 42.8 Å². The number of hydrogen-bond acceptors (Lipinski definition) is 2. The maximum Gasteiger partial charge on any atom is 0.187 e. The number of allylic oxidation sites excluding steroid dienone is 1. The van der Waals surface area contributed by atoms with Gasteiger partial charge in [-0.3, -0.25) is 4.79 Å². The van der Waals surface area contributed by atoms with Crippen LogP contribution in [0, 0.1) is 18.3 Å². The van der Waals surface area contributed by atoms with Crippen molar-refractivity contribution in [3.63, 3.8) is 0 Å². The lowest BCUT2D eigenvalue weighted by Crippen LogP contribution is -1.95. The normalized spacial score (nSPS) is 10.7. The molecule has 0 saturated heterocycles. The van der Waals surface area contributed by atoms with Gasteiger partial charge in [0.05, 0.1) is 5.02 Å². The van der Waals surface area contributed by atoms with Crippen LogP contribution >= 0.6 is 11.6 Å². The zero-order valence-electron chi connectivity index (χ0n) is 11.2. The quantitative estimate of drug-likeness (QED) is 0.636. The zero-order valence-corrected chi connectivity index (χ0v) is 12.0. The minimum Gasteiger partial charge on any atom is -0.339 e. The number of nitriles is 1. The van der Waals surface area contributed by atoms with Gasteiger partial charge in [0.1, 0.15) is 11.8 Å². The number of halogens is 1. The Labute approximate surface area is 122 Å². The Morgan fingerprint density at radius 2 is 2.10 bits per heavy atom. The highest BCUT2D eigenvalue weighted by Gasteiger charge is 2.08. The molecule has 1 heterocycles. The minimum absolute atomic E-state index is 0.155. The van der Waals surface area contributed by atoms with E-state index in [-0.39, 0.29) is 5.78 Å². The van der Waals surface area contributed by atoms with E-state index < -0.39 is 0 Å². The molecule has 3 nitrogen and oxygen atoms in total. The highest BCUT2D eigenvalue weighted by molar-refractivity contribution is 6.34. The highest BCUT2D eigenvalue weighted by atomic mass is 35.5. The average molecular weight is 285 g/mol. The molecule has 4 heteroatoms. The van der Waals surface area contributed by atoms with Gasteiger partial charge in [0.15, 0.2) is 5.78 Å². The molecule has 0 amide bonds. The number of aromatic nitrogens is 1. The topological polar surface area (TPSA) is 45.8 Å². The molecule has 2 aromatic rings. The molecule has 0 fully saturated rings. The van der Waals surface area contributed by atoms with Gasteiger partial charge in [-0.2, -0.15) is 5.26 Å². The Morgan fingerprint density at radius 3 is 2.70 bits per heavy atom. The van der Waals surface area contributed by atoms with Crippen molar-refractivity contribution in [3.8, 4) is 6.07 Å². The average Bonchev–Trinajstić information content (AvgIpc) is 2.72. The maximum absolute atomic E-state index is 12.1. The molecule has 100 valence electrons. The summed E-state index contributed by atoms with van der Waals surface area (Å²) < 4.78 is 1.79. The Bertz CT molecular complexity index is 735. The number of nitrogens with zero attached hydrogens (tertiary/aromatic N) is 2. The van der Waals surface area contributed by atoms with Crippen molar-refractivity contribution in [1.29, 1.82) is 5.26 Å². The molecular formula is C16H13ClN2O. The molecule has 1 aromatic carbocycles. The van der Waals surface area contributed by atoms with Crippen LogP contribution in [0.1, 0.15) is 27.3 Å². The molecule has 0 unspecified atom stereocenters. The molecule has 0 N–H and O–H groups in total. The Balaban J connectivity index is 2.29. The summed E-state index contributed by atoms with van der Waals surface area (Å²) in [4.78, 5) is 12.1. The molecule has 0 saturated carbocycles. The van der Waals surface area contributed by atoms with Crippen LogP contribution in [0.2, 0.25) is 5.02 Å². The van der Waals surface area contributed by atoms with Gasteiger partial charge in [0.25, 0.3) is 0 Å². The van der Waals surface area contributed by atoms with Crippen LogP contribution in [0.25, 0.3) is 6.08 Å². The minimum atomic E-state index is -0.155. The summed E-state index contributed by atoms with van der Waals surface area (Å²) >= 11 is 5.98. The Kier molecular flexibility index (Phi) is 4.07. The molecule has 0 bridgehead atoms. The highest BCUT2D eigenvalue weighted by Crippen LogP contribution is 2.18. The second-order valence-corrected chi connectivity index (χ2v) is 4.83. The fourth-order valence-corrected chi connectivity index (χ4v) is 2.14. The fraction of sp³-hybridized carbons (Fsp3) is 0.125. The van der Waals surface area contributed by atoms with Gasteiger partial charge >= 0.3 is 0 Å². The van der Waals surface area contributed by atoms with E-state index in [1.807, 2.05) is 14.0 Å². The molecule has 0 aliphatic rings. The largest absolute Gasteiger partial charge is 0.339 e. The van der Waals surface area contributed by atoms with Crippen molar-refractivity contribution >= 4 is 23.5 Å². The number of ketones is 1. The van der Waals surface area contributed by atoms with E-state index in [1.165, 1.54) is 6.08 Å². The summed E-state index contributed by atoms with van der Waals surface area (Å²) in [7, 11) is 1.82. The van der Waals surface area contributed by atoms with E-state index >= 15 is 0 Å². The Morgan fingerprint density at radius 1 is 1.40 bits per heavy atom. The lowest BCUT2D eigenvalue weighted by molar-refractivity contribution is 0.104. The summed E-state index contributed by atoms with van der Waals surface area (Å²) in [5, 5.41) is 9.40. The summed E-state index contributed by atoms with van der Waals surface area (Å²) in [6.45, 7) is 1.90. The first kappa shape index (κ1) is 14.1. The first-order valence-corrected chi connectivity index (χ1v) is 6.45. The Hall–Kier alpha value is -2.31. The third-order valence-electron chi connectivity index (χ3n) is 3.24. The van der Waals surface area contributed by atoms with Crippen molar-refractivity contribution in [2.45, 2.75) is 6.92 Å². The van der Waals surface area contributed by atoms with Crippen LogP contribution in [0.4, 0.5) is 0 Å². The fourth-order valence-electron chi connectivity index (χ4n) is 1.92. The predicted octanol–water partition coefficient (Wildman–Crippen LogP) is 3.75. The lowest BCUT2D eigenvalue weighted by atomic mass is 10.1. The van der Waals surface area contributed by atoms with E-state index in [0.717, 1.165) is 11.3 Å². The zero-order chi connectivity index (χ0) is 14.7. The first-order chi connectivity index (χ1) is 9.54. The van der Waals surface area contributed by atoms with Gasteiger partial charge in [-0.25, -0.2) is 0 Å². The third-order valence-corrected chi connectivity index (χ3v) is 3.57. The monoisotopic (exact) mass is 284 g/mol. The van der Waals surface area contributed by atoms with E-state index in [4.69, 9.17) is 16.9 Å². The van der Waals surface area contributed by atoms with Gasteiger partial charge in [0, 0.05) is 18.3 Å². The molecule has 20 heavy (non-hydrogen) atoms. The van der Waals surface area contributed by atoms with Gasteiger partial charge in [-0.1, -0.05) is 23.7 Å². The van der Waals surface area contributed by atoms with Crippen molar-refractivity contribution in [3.05, 3.63) is 63.9 Å². The molecule has 0 aliphatic heterocycles. The SMILES string of the molecule is Cc1c(/C=C/C(=O)c2ccccc2Cl)cc(C#N)n1C. The van der Waals surface area contributed by atoms with E-state index in [9.17, 15) is 4.79 Å².